The molecular weight excluding hydrogens is 210 g/mol. The molecule has 0 saturated carbocycles. The molecule has 1 N–H and O–H groups in total. The Morgan fingerprint density at radius 1 is 1.20 bits per heavy atom. The molecule has 0 unspecified atom stereocenters. The summed E-state index contributed by atoms with van der Waals surface area (Å²) in [6, 6.07) is 5.76. The second-order valence-corrected chi connectivity index (χ2v) is 3.17. The molecule has 1 rings (SSSR count). The molecule has 0 aromatic heterocycles. The van der Waals surface area contributed by atoms with Crippen molar-refractivity contribution >= 4 is 0 Å². The average Bonchev–Trinajstić information content (AvgIpc) is 2.11. The Morgan fingerprint density at radius 2 is 1.93 bits per heavy atom. The van der Waals surface area contributed by atoms with Gasteiger partial charge in [-0.2, -0.15) is 13.2 Å². The van der Waals surface area contributed by atoms with E-state index in [2.05, 4.69) is 5.32 Å². The quantitative estimate of drug-likeness (QED) is 0.609. The van der Waals surface area contributed by atoms with Crippen LogP contribution in [0.2, 0.25) is 0 Å². The van der Waals surface area contributed by atoms with Crippen molar-refractivity contribution in [2.75, 3.05) is 6.54 Å². The van der Waals surface area contributed by atoms with Gasteiger partial charge in [0.1, 0.15) is 5.82 Å². The lowest BCUT2D eigenvalue weighted by molar-refractivity contribution is -0.133. The van der Waals surface area contributed by atoms with Crippen molar-refractivity contribution in [2.24, 2.45) is 0 Å². The average molecular weight is 221 g/mol. The molecule has 1 aromatic carbocycles. The lowest BCUT2D eigenvalue weighted by Gasteiger charge is -2.07. The maximum absolute atomic E-state index is 12.7. The highest BCUT2D eigenvalue weighted by Gasteiger charge is 2.25. The standard InChI is InChI=1S/C10H11F4N/c11-9-3-1-2-8(6-9)7-15-5-4-10(12,13)14/h1-3,6,15H,4-5,7H2. The fraction of sp³-hybridized carbons (Fsp3) is 0.400. The monoisotopic (exact) mass is 221 g/mol. The highest BCUT2D eigenvalue weighted by atomic mass is 19.4. The van der Waals surface area contributed by atoms with Gasteiger partial charge in [0, 0.05) is 13.1 Å². The van der Waals surface area contributed by atoms with Crippen molar-refractivity contribution in [3.63, 3.8) is 0 Å². The second kappa shape index (κ2) is 5.11. The van der Waals surface area contributed by atoms with Gasteiger partial charge in [-0.3, -0.25) is 0 Å². The molecule has 0 radical (unpaired) electrons. The molecule has 5 heteroatoms. The topological polar surface area (TPSA) is 12.0 Å². The van der Waals surface area contributed by atoms with Gasteiger partial charge in [-0.1, -0.05) is 12.1 Å². The third kappa shape index (κ3) is 5.37. The second-order valence-electron chi connectivity index (χ2n) is 3.17. The maximum atomic E-state index is 12.7. The van der Waals surface area contributed by atoms with Crippen LogP contribution in [0.5, 0.6) is 0 Å². The molecule has 0 aliphatic rings. The zero-order chi connectivity index (χ0) is 11.3. The fourth-order valence-corrected chi connectivity index (χ4v) is 1.11. The van der Waals surface area contributed by atoms with Gasteiger partial charge in [0.15, 0.2) is 0 Å². The van der Waals surface area contributed by atoms with Crippen LogP contribution in [-0.2, 0) is 6.54 Å². The SMILES string of the molecule is Fc1cccc(CNCCC(F)(F)F)c1. The number of hydrogen-bond acceptors (Lipinski definition) is 1. The van der Waals surface area contributed by atoms with Crippen LogP contribution in [0.1, 0.15) is 12.0 Å². The lowest BCUT2D eigenvalue weighted by Crippen LogP contribution is -2.21. The summed E-state index contributed by atoms with van der Waals surface area (Å²) in [6.07, 6.45) is -5.02. The lowest BCUT2D eigenvalue weighted by atomic mass is 10.2. The van der Waals surface area contributed by atoms with Crippen LogP contribution in [0.3, 0.4) is 0 Å². The molecule has 1 nitrogen and oxygen atoms in total. The predicted octanol–water partition coefficient (Wildman–Crippen LogP) is 2.87. The summed E-state index contributed by atoms with van der Waals surface area (Å²) in [4.78, 5) is 0. The van der Waals surface area contributed by atoms with Gasteiger partial charge >= 0.3 is 6.18 Å². The van der Waals surface area contributed by atoms with E-state index >= 15 is 0 Å². The van der Waals surface area contributed by atoms with Crippen LogP contribution >= 0.6 is 0 Å². The van der Waals surface area contributed by atoms with E-state index in [-0.39, 0.29) is 18.9 Å². The van der Waals surface area contributed by atoms with E-state index in [1.54, 1.807) is 6.07 Å². The van der Waals surface area contributed by atoms with E-state index in [4.69, 9.17) is 0 Å². The van der Waals surface area contributed by atoms with Gasteiger partial charge in [-0.15, -0.1) is 0 Å². The summed E-state index contributed by atoms with van der Waals surface area (Å²) in [5.74, 6) is -0.384. The molecule has 0 amide bonds. The largest absolute Gasteiger partial charge is 0.390 e. The minimum Gasteiger partial charge on any atom is -0.312 e. The van der Waals surface area contributed by atoms with Gasteiger partial charge < -0.3 is 5.32 Å². The highest BCUT2D eigenvalue weighted by molar-refractivity contribution is 5.15. The van der Waals surface area contributed by atoms with Crippen molar-refractivity contribution in [2.45, 2.75) is 19.1 Å². The molecule has 15 heavy (non-hydrogen) atoms. The van der Waals surface area contributed by atoms with Crippen molar-refractivity contribution in [1.82, 2.24) is 5.32 Å². The van der Waals surface area contributed by atoms with Gasteiger partial charge in [0.25, 0.3) is 0 Å². The highest BCUT2D eigenvalue weighted by Crippen LogP contribution is 2.18. The maximum Gasteiger partial charge on any atom is 0.390 e. The fourth-order valence-electron chi connectivity index (χ4n) is 1.11. The summed E-state index contributed by atoms with van der Waals surface area (Å²) in [5, 5.41) is 2.60. The molecule has 0 spiro atoms. The third-order valence-electron chi connectivity index (χ3n) is 1.80. The van der Waals surface area contributed by atoms with Crippen molar-refractivity contribution < 1.29 is 17.6 Å². The summed E-state index contributed by atoms with van der Waals surface area (Å²) in [5.41, 5.74) is 0.636. The van der Waals surface area contributed by atoms with Crippen LogP contribution in [0.25, 0.3) is 0 Å². The van der Waals surface area contributed by atoms with Gasteiger partial charge in [0.05, 0.1) is 6.42 Å². The Balaban J connectivity index is 2.26. The van der Waals surface area contributed by atoms with Crippen LogP contribution in [0, 0.1) is 5.82 Å². The van der Waals surface area contributed by atoms with Crippen LogP contribution in [0.4, 0.5) is 17.6 Å². The van der Waals surface area contributed by atoms with E-state index in [1.807, 2.05) is 0 Å². The van der Waals surface area contributed by atoms with Crippen LogP contribution < -0.4 is 5.32 Å². The first kappa shape index (κ1) is 12.0. The third-order valence-corrected chi connectivity index (χ3v) is 1.80. The molecular formula is C10H11F4N. The number of hydrogen-bond donors (Lipinski definition) is 1. The number of rotatable bonds is 4. The summed E-state index contributed by atoms with van der Waals surface area (Å²) in [7, 11) is 0. The smallest absolute Gasteiger partial charge is 0.312 e. The van der Waals surface area contributed by atoms with Crippen molar-refractivity contribution in [1.29, 1.82) is 0 Å². The van der Waals surface area contributed by atoms with Crippen LogP contribution in [-0.4, -0.2) is 12.7 Å². The molecule has 84 valence electrons. The zero-order valence-corrected chi connectivity index (χ0v) is 7.94. The molecule has 0 aliphatic carbocycles. The molecule has 1 aromatic rings. The number of benzene rings is 1. The Bertz CT molecular complexity index is 309. The predicted molar refractivity (Wildman–Crippen MR) is 48.8 cm³/mol. The van der Waals surface area contributed by atoms with Gasteiger partial charge in [-0.25, -0.2) is 4.39 Å². The van der Waals surface area contributed by atoms with E-state index < -0.39 is 12.6 Å². The first-order chi connectivity index (χ1) is 6.97. The van der Waals surface area contributed by atoms with E-state index in [0.717, 1.165) is 0 Å². The van der Waals surface area contributed by atoms with E-state index in [9.17, 15) is 17.6 Å². The van der Waals surface area contributed by atoms with Gasteiger partial charge in [-0.05, 0) is 17.7 Å². The summed E-state index contributed by atoms with van der Waals surface area (Å²) < 4.78 is 47.9. The molecule has 0 fully saturated rings. The summed E-state index contributed by atoms with van der Waals surface area (Å²) in [6.45, 7) is 0.0911. The minimum atomic E-state index is -4.14. The number of halogens is 4. The van der Waals surface area contributed by atoms with E-state index in [0.29, 0.717) is 5.56 Å². The first-order valence-electron chi connectivity index (χ1n) is 4.49. The summed E-state index contributed by atoms with van der Waals surface area (Å²) >= 11 is 0. The molecule has 0 atom stereocenters. The zero-order valence-electron chi connectivity index (χ0n) is 7.94. The molecule has 0 saturated heterocycles. The van der Waals surface area contributed by atoms with Crippen molar-refractivity contribution in [3.8, 4) is 0 Å². The Hall–Kier alpha value is -1.10. The minimum absolute atomic E-state index is 0.153. The van der Waals surface area contributed by atoms with Gasteiger partial charge in [0.2, 0.25) is 0 Å². The first-order valence-corrected chi connectivity index (χ1v) is 4.49. The van der Waals surface area contributed by atoms with Crippen LogP contribution in [0.15, 0.2) is 24.3 Å². The molecule has 0 aliphatic heterocycles. The van der Waals surface area contributed by atoms with E-state index in [1.165, 1.54) is 18.2 Å². The molecule has 0 heterocycles. The van der Waals surface area contributed by atoms with Crippen molar-refractivity contribution in [3.05, 3.63) is 35.6 Å². The Kier molecular flexibility index (Phi) is 4.08. The Labute approximate surface area is 85.1 Å². The number of alkyl halides is 3. The molecule has 0 bridgehead atoms. The normalized spacial score (nSPS) is 11.7. The number of nitrogens with one attached hydrogen (secondary N) is 1. The Morgan fingerprint density at radius 3 is 2.53 bits per heavy atom.